The summed E-state index contributed by atoms with van der Waals surface area (Å²) < 4.78 is 15.9. The molecule has 1 unspecified atom stereocenters. The Morgan fingerprint density at radius 3 is 2.91 bits per heavy atom. The molecule has 23 heavy (non-hydrogen) atoms. The van der Waals surface area contributed by atoms with Crippen LogP contribution in [-0.4, -0.2) is 48.8 Å². The lowest BCUT2D eigenvalue weighted by Gasteiger charge is -2.33. The average Bonchev–Trinajstić information content (AvgIpc) is 3.21. The Labute approximate surface area is 134 Å². The van der Waals surface area contributed by atoms with E-state index >= 15 is 0 Å². The third-order valence-corrected chi connectivity index (χ3v) is 3.87. The Kier molecular flexibility index (Phi) is 5.09. The van der Waals surface area contributed by atoms with E-state index in [1.807, 2.05) is 12.1 Å². The predicted molar refractivity (Wildman–Crippen MR) is 81.8 cm³/mol. The Balaban J connectivity index is 1.58. The van der Waals surface area contributed by atoms with Crippen molar-refractivity contribution in [3.05, 3.63) is 41.7 Å². The van der Waals surface area contributed by atoms with Crippen molar-refractivity contribution in [3.63, 3.8) is 0 Å². The first-order chi connectivity index (χ1) is 11.2. The lowest BCUT2D eigenvalue weighted by Crippen LogP contribution is -2.43. The number of aryl methyl sites for hydroxylation is 1. The Morgan fingerprint density at radius 1 is 1.43 bits per heavy atom. The number of amides is 1. The Morgan fingerprint density at radius 2 is 2.26 bits per heavy atom. The van der Waals surface area contributed by atoms with Crippen LogP contribution in [0, 0.1) is 6.92 Å². The van der Waals surface area contributed by atoms with Crippen molar-refractivity contribution in [2.24, 2.45) is 0 Å². The van der Waals surface area contributed by atoms with E-state index in [2.05, 4.69) is 15.4 Å². The van der Waals surface area contributed by atoms with Crippen molar-refractivity contribution in [2.75, 3.05) is 32.8 Å². The largest absolute Gasteiger partial charge is 0.468 e. The maximum atomic E-state index is 12.1. The first-order valence-electron chi connectivity index (χ1n) is 7.76. The number of aromatic nitrogens is 1. The lowest BCUT2D eigenvalue weighted by molar-refractivity contribution is -0.120. The fraction of sp³-hybridized carbons (Fsp3) is 0.500. The zero-order valence-electron chi connectivity index (χ0n) is 13.2. The topological polar surface area (TPSA) is 80.7 Å². The van der Waals surface area contributed by atoms with Crippen LogP contribution < -0.4 is 5.32 Å². The van der Waals surface area contributed by atoms with E-state index in [4.69, 9.17) is 13.7 Å². The molecule has 1 atom stereocenters. The van der Waals surface area contributed by atoms with E-state index in [9.17, 15) is 4.79 Å². The molecule has 0 spiro atoms. The van der Waals surface area contributed by atoms with Crippen LogP contribution in [0.15, 0.2) is 33.4 Å². The highest BCUT2D eigenvalue weighted by atomic mass is 16.5. The van der Waals surface area contributed by atoms with E-state index in [1.165, 1.54) is 0 Å². The van der Waals surface area contributed by atoms with E-state index in [0.717, 1.165) is 18.8 Å². The Hall–Kier alpha value is -2.12. The summed E-state index contributed by atoms with van der Waals surface area (Å²) >= 11 is 0. The Bertz CT molecular complexity index is 617. The quantitative estimate of drug-likeness (QED) is 0.864. The molecule has 0 aromatic carbocycles. The normalized spacial score (nSPS) is 17.1. The molecule has 3 heterocycles. The maximum absolute atomic E-state index is 12.1. The molecular weight excluding hydrogens is 298 g/mol. The van der Waals surface area contributed by atoms with E-state index in [-0.39, 0.29) is 18.4 Å². The van der Waals surface area contributed by atoms with Crippen molar-refractivity contribution in [1.29, 1.82) is 0 Å². The SMILES string of the molecule is Cc1cc(CC(=O)NCC(c2ccco2)N2CCOCC2)no1. The van der Waals surface area contributed by atoms with Crippen molar-refractivity contribution in [2.45, 2.75) is 19.4 Å². The van der Waals surface area contributed by atoms with Gasteiger partial charge in [-0.05, 0) is 19.1 Å². The van der Waals surface area contributed by atoms with Gasteiger partial charge in [-0.1, -0.05) is 5.16 Å². The second kappa shape index (κ2) is 7.43. The van der Waals surface area contributed by atoms with E-state index in [1.54, 1.807) is 19.3 Å². The summed E-state index contributed by atoms with van der Waals surface area (Å²) in [6, 6.07) is 5.58. The second-order valence-electron chi connectivity index (χ2n) is 5.59. The zero-order valence-corrected chi connectivity index (χ0v) is 13.2. The monoisotopic (exact) mass is 319 g/mol. The van der Waals surface area contributed by atoms with Gasteiger partial charge in [0.25, 0.3) is 0 Å². The van der Waals surface area contributed by atoms with Gasteiger partial charge in [0.05, 0.1) is 37.6 Å². The zero-order chi connectivity index (χ0) is 16.1. The fourth-order valence-electron chi connectivity index (χ4n) is 2.72. The molecule has 2 aromatic heterocycles. The number of nitrogens with zero attached hydrogens (tertiary/aromatic N) is 2. The summed E-state index contributed by atoms with van der Waals surface area (Å²) in [5.41, 5.74) is 0.640. The van der Waals surface area contributed by atoms with Gasteiger partial charge in [0.2, 0.25) is 5.91 Å². The lowest BCUT2D eigenvalue weighted by atomic mass is 10.1. The summed E-state index contributed by atoms with van der Waals surface area (Å²) in [5, 5.41) is 6.80. The summed E-state index contributed by atoms with van der Waals surface area (Å²) in [5.74, 6) is 1.47. The molecular formula is C16H21N3O4. The minimum atomic E-state index is -0.0804. The highest BCUT2D eigenvalue weighted by Crippen LogP contribution is 2.21. The predicted octanol–water partition coefficient (Wildman–Crippen LogP) is 1.31. The molecule has 7 nitrogen and oxygen atoms in total. The summed E-state index contributed by atoms with van der Waals surface area (Å²) in [4.78, 5) is 14.4. The molecule has 0 radical (unpaired) electrons. The number of carbonyl (C=O) groups is 1. The van der Waals surface area contributed by atoms with Crippen LogP contribution in [0.5, 0.6) is 0 Å². The van der Waals surface area contributed by atoms with Gasteiger partial charge in [0, 0.05) is 25.7 Å². The molecule has 3 rings (SSSR count). The molecule has 0 bridgehead atoms. The number of hydrogen-bond acceptors (Lipinski definition) is 6. The highest BCUT2D eigenvalue weighted by molar-refractivity contribution is 5.78. The van der Waals surface area contributed by atoms with Crippen LogP contribution in [0.25, 0.3) is 0 Å². The van der Waals surface area contributed by atoms with Crippen LogP contribution in [0.1, 0.15) is 23.3 Å². The first kappa shape index (κ1) is 15.8. The minimum absolute atomic E-state index is 0.0110. The number of rotatable bonds is 6. The molecule has 1 N–H and O–H groups in total. The first-order valence-corrected chi connectivity index (χ1v) is 7.76. The van der Waals surface area contributed by atoms with Crippen molar-refractivity contribution >= 4 is 5.91 Å². The average molecular weight is 319 g/mol. The smallest absolute Gasteiger partial charge is 0.226 e. The number of nitrogens with one attached hydrogen (secondary N) is 1. The van der Waals surface area contributed by atoms with Crippen molar-refractivity contribution in [1.82, 2.24) is 15.4 Å². The molecule has 7 heteroatoms. The number of hydrogen-bond donors (Lipinski definition) is 1. The number of carbonyl (C=O) groups excluding carboxylic acids is 1. The molecule has 0 aliphatic carbocycles. The molecule has 1 aliphatic heterocycles. The van der Waals surface area contributed by atoms with Gasteiger partial charge in [-0.25, -0.2) is 0 Å². The number of morpholine rings is 1. The van der Waals surface area contributed by atoms with Crippen LogP contribution in [0.3, 0.4) is 0 Å². The van der Waals surface area contributed by atoms with Gasteiger partial charge in [-0.3, -0.25) is 9.69 Å². The van der Waals surface area contributed by atoms with Gasteiger partial charge in [-0.2, -0.15) is 0 Å². The minimum Gasteiger partial charge on any atom is -0.468 e. The van der Waals surface area contributed by atoms with Crippen molar-refractivity contribution in [3.8, 4) is 0 Å². The molecule has 124 valence electrons. The number of furan rings is 1. The van der Waals surface area contributed by atoms with Gasteiger partial charge in [0.1, 0.15) is 11.5 Å². The molecule has 1 aliphatic rings. The highest BCUT2D eigenvalue weighted by Gasteiger charge is 2.25. The molecule has 1 amide bonds. The fourth-order valence-corrected chi connectivity index (χ4v) is 2.72. The van der Waals surface area contributed by atoms with Crippen LogP contribution in [-0.2, 0) is 16.0 Å². The maximum Gasteiger partial charge on any atom is 0.226 e. The van der Waals surface area contributed by atoms with Crippen LogP contribution >= 0.6 is 0 Å². The van der Waals surface area contributed by atoms with Crippen LogP contribution in [0.4, 0.5) is 0 Å². The van der Waals surface area contributed by atoms with Gasteiger partial charge >= 0.3 is 0 Å². The summed E-state index contributed by atoms with van der Waals surface area (Å²) in [6.07, 6.45) is 1.87. The standard InChI is InChI=1S/C16H21N3O4/c1-12-9-13(18-23-12)10-16(20)17-11-14(15-3-2-6-22-15)19-4-7-21-8-5-19/h2-3,6,9,14H,4-5,7-8,10-11H2,1H3,(H,17,20). The molecule has 1 saturated heterocycles. The number of ether oxygens (including phenoxy) is 1. The van der Waals surface area contributed by atoms with Gasteiger partial charge in [-0.15, -0.1) is 0 Å². The van der Waals surface area contributed by atoms with Crippen molar-refractivity contribution < 1.29 is 18.5 Å². The molecule has 2 aromatic rings. The third-order valence-electron chi connectivity index (χ3n) is 3.87. The van der Waals surface area contributed by atoms with E-state index in [0.29, 0.717) is 31.2 Å². The van der Waals surface area contributed by atoms with Crippen LogP contribution in [0.2, 0.25) is 0 Å². The third kappa shape index (κ3) is 4.20. The van der Waals surface area contributed by atoms with E-state index < -0.39 is 0 Å². The second-order valence-corrected chi connectivity index (χ2v) is 5.59. The summed E-state index contributed by atoms with van der Waals surface area (Å²) in [7, 11) is 0. The van der Waals surface area contributed by atoms with Gasteiger partial charge < -0.3 is 19.0 Å². The molecule has 0 saturated carbocycles. The molecule has 1 fully saturated rings. The summed E-state index contributed by atoms with van der Waals surface area (Å²) in [6.45, 7) is 5.34. The van der Waals surface area contributed by atoms with Gasteiger partial charge in [0.15, 0.2) is 0 Å².